The zero-order valence-corrected chi connectivity index (χ0v) is 15.0. The molecule has 0 aliphatic carbocycles. The number of benzene rings is 1. The second kappa shape index (κ2) is 7.47. The van der Waals surface area contributed by atoms with Gasteiger partial charge in [0.1, 0.15) is 23.8 Å². The van der Waals surface area contributed by atoms with E-state index < -0.39 is 24.5 Å². The Morgan fingerprint density at radius 3 is 2.60 bits per heavy atom. The number of nitrogens with zero attached hydrogens (tertiary/aromatic N) is 2. The van der Waals surface area contributed by atoms with Crippen molar-refractivity contribution in [2.24, 2.45) is 0 Å². The standard InChI is InChI=1S/C17H24ClN3O4/c1-3-9(4-2)19-17-20-13-10(18)6-5-7-11(13)21(17)16-15(24)14(23)12(8-22)25-16/h5-7,9,12,14-16,22-24H,3-4,8H2,1-2H3,(H,19,20)/t12-,14-,15-,16-/m0/s1. The zero-order chi connectivity index (χ0) is 18.1. The second-order valence-corrected chi connectivity index (χ2v) is 6.71. The van der Waals surface area contributed by atoms with Gasteiger partial charge >= 0.3 is 0 Å². The number of aliphatic hydroxyl groups excluding tert-OH is 3. The number of fused-ring (bicyclic) bond motifs is 1. The quantitative estimate of drug-likeness (QED) is 0.620. The predicted octanol–water partition coefficient (Wildman–Crippen LogP) is 1.90. The summed E-state index contributed by atoms with van der Waals surface area (Å²) in [6.45, 7) is 3.78. The highest BCUT2D eigenvalue weighted by Gasteiger charge is 2.44. The van der Waals surface area contributed by atoms with Gasteiger partial charge in [0, 0.05) is 6.04 Å². The van der Waals surface area contributed by atoms with Crippen LogP contribution in [0.5, 0.6) is 0 Å². The number of halogens is 1. The lowest BCUT2D eigenvalue weighted by atomic mass is 10.1. The normalized spacial score (nSPS) is 26.7. The molecule has 2 aromatic rings. The number of aliphatic hydroxyl groups is 3. The average molecular weight is 370 g/mol. The van der Waals surface area contributed by atoms with E-state index in [1.807, 2.05) is 6.07 Å². The number of anilines is 1. The summed E-state index contributed by atoms with van der Waals surface area (Å²) in [5.41, 5.74) is 1.28. The van der Waals surface area contributed by atoms with E-state index in [2.05, 4.69) is 24.1 Å². The summed E-state index contributed by atoms with van der Waals surface area (Å²) < 4.78 is 7.42. The molecule has 0 unspecified atom stereocenters. The molecule has 1 fully saturated rings. The molecule has 4 atom stereocenters. The predicted molar refractivity (Wildman–Crippen MR) is 95.7 cm³/mol. The van der Waals surface area contributed by atoms with E-state index in [-0.39, 0.29) is 12.6 Å². The molecule has 1 saturated heterocycles. The summed E-state index contributed by atoms with van der Waals surface area (Å²) in [7, 11) is 0. The van der Waals surface area contributed by atoms with Gasteiger partial charge in [-0.2, -0.15) is 0 Å². The van der Waals surface area contributed by atoms with Crippen LogP contribution in [0.25, 0.3) is 11.0 Å². The number of para-hydroxylation sites is 1. The van der Waals surface area contributed by atoms with Gasteiger partial charge in [-0.3, -0.25) is 4.57 Å². The second-order valence-electron chi connectivity index (χ2n) is 6.30. The first kappa shape index (κ1) is 18.4. The molecular formula is C17H24ClN3O4. The highest BCUT2D eigenvalue weighted by atomic mass is 35.5. The lowest BCUT2D eigenvalue weighted by Gasteiger charge is -2.22. The molecule has 0 amide bonds. The lowest BCUT2D eigenvalue weighted by molar-refractivity contribution is -0.0499. The molecule has 0 radical (unpaired) electrons. The maximum atomic E-state index is 10.4. The molecule has 138 valence electrons. The van der Waals surface area contributed by atoms with E-state index in [0.29, 0.717) is 22.0 Å². The van der Waals surface area contributed by atoms with Crippen molar-refractivity contribution in [3.05, 3.63) is 23.2 Å². The van der Waals surface area contributed by atoms with Gasteiger partial charge in [-0.25, -0.2) is 4.98 Å². The van der Waals surface area contributed by atoms with Gasteiger partial charge in [-0.05, 0) is 25.0 Å². The molecule has 4 N–H and O–H groups in total. The Hall–Kier alpha value is -1.38. The molecule has 1 aliphatic rings. The number of rotatable bonds is 6. The Balaban J connectivity index is 2.10. The molecule has 2 heterocycles. The molecule has 1 aromatic carbocycles. The molecule has 0 spiro atoms. The maximum Gasteiger partial charge on any atom is 0.206 e. The first-order chi connectivity index (χ1) is 12.0. The van der Waals surface area contributed by atoms with Crippen LogP contribution in [0.4, 0.5) is 5.95 Å². The minimum absolute atomic E-state index is 0.200. The Morgan fingerprint density at radius 2 is 2.00 bits per heavy atom. The number of ether oxygens (including phenoxy) is 1. The van der Waals surface area contributed by atoms with Crippen molar-refractivity contribution in [1.29, 1.82) is 0 Å². The molecule has 1 aromatic heterocycles. The van der Waals surface area contributed by atoms with Gasteiger partial charge in [-0.1, -0.05) is 31.5 Å². The maximum absolute atomic E-state index is 10.4. The molecule has 7 nitrogen and oxygen atoms in total. The van der Waals surface area contributed by atoms with Gasteiger partial charge in [0.2, 0.25) is 5.95 Å². The zero-order valence-electron chi connectivity index (χ0n) is 14.3. The van der Waals surface area contributed by atoms with Gasteiger partial charge in [0.05, 0.1) is 17.1 Å². The van der Waals surface area contributed by atoms with Crippen LogP contribution in [0.3, 0.4) is 0 Å². The average Bonchev–Trinajstić information content (AvgIpc) is 3.11. The van der Waals surface area contributed by atoms with E-state index in [4.69, 9.17) is 16.3 Å². The molecular weight excluding hydrogens is 346 g/mol. The smallest absolute Gasteiger partial charge is 0.206 e. The van der Waals surface area contributed by atoms with Crippen molar-refractivity contribution >= 4 is 28.6 Å². The number of hydrogen-bond donors (Lipinski definition) is 4. The fraction of sp³-hybridized carbons (Fsp3) is 0.588. The summed E-state index contributed by atoms with van der Waals surface area (Å²) in [5, 5.41) is 33.8. The summed E-state index contributed by atoms with van der Waals surface area (Å²) in [5.74, 6) is 0.520. The van der Waals surface area contributed by atoms with Crippen molar-refractivity contribution in [3.63, 3.8) is 0 Å². The van der Waals surface area contributed by atoms with Gasteiger partial charge in [-0.15, -0.1) is 0 Å². The van der Waals surface area contributed by atoms with Crippen molar-refractivity contribution in [3.8, 4) is 0 Å². The van der Waals surface area contributed by atoms with Crippen LogP contribution in [-0.2, 0) is 4.74 Å². The number of hydrogen-bond acceptors (Lipinski definition) is 6. The van der Waals surface area contributed by atoms with E-state index in [1.165, 1.54) is 0 Å². The van der Waals surface area contributed by atoms with Crippen molar-refractivity contribution in [2.45, 2.75) is 57.3 Å². The fourth-order valence-corrected chi connectivity index (χ4v) is 3.42. The van der Waals surface area contributed by atoms with Crippen LogP contribution in [0.15, 0.2) is 18.2 Å². The third-order valence-corrected chi connectivity index (χ3v) is 5.07. The van der Waals surface area contributed by atoms with Gasteiger partial charge < -0.3 is 25.4 Å². The first-order valence-electron chi connectivity index (χ1n) is 8.57. The van der Waals surface area contributed by atoms with Crippen LogP contribution >= 0.6 is 11.6 Å². The number of imidazole rings is 1. The first-order valence-corrected chi connectivity index (χ1v) is 8.95. The van der Waals surface area contributed by atoms with Crippen molar-refractivity contribution in [2.75, 3.05) is 11.9 Å². The fourth-order valence-electron chi connectivity index (χ4n) is 3.21. The van der Waals surface area contributed by atoms with Gasteiger partial charge in [0.25, 0.3) is 0 Å². The lowest BCUT2D eigenvalue weighted by Crippen LogP contribution is -2.33. The molecule has 3 rings (SSSR count). The summed E-state index contributed by atoms with van der Waals surface area (Å²) in [6.07, 6.45) is -2.26. The summed E-state index contributed by atoms with van der Waals surface area (Å²) in [6, 6.07) is 5.58. The van der Waals surface area contributed by atoms with Crippen molar-refractivity contribution < 1.29 is 20.1 Å². The topological polar surface area (TPSA) is 99.8 Å². The number of aromatic nitrogens is 2. The largest absolute Gasteiger partial charge is 0.394 e. The van der Waals surface area contributed by atoms with E-state index >= 15 is 0 Å². The number of nitrogens with one attached hydrogen (secondary N) is 1. The highest BCUT2D eigenvalue weighted by molar-refractivity contribution is 6.35. The van der Waals surface area contributed by atoms with Crippen LogP contribution < -0.4 is 5.32 Å². The summed E-state index contributed by atoms with van der Waals surface area (Å²) in [4.78, 5) is 4.59. The van der Waals surface area contributed by atoms with E-state index in [9.17, 15) is 15.3 Å². The molecule has 0 saturated carbocycles. The van der Waals surface area contributed by atoms with Gasteiger partial charge in [0.15, 0.2) is 6.23 Å². The third kappa shape index (κ3) is 3.22. The van der Waals surface area contributed by atoms with Crippen LogP contribution in [0, 0.1) is 0 Å². The van der Waals surface area contributed by atoms with Crippen LogP contribution in [-0.4, -0.2) is 55.8 Å². The highest BCUT2D eigenvalue weighted by Crippen LogP contribution is 2.36. The monoisotopic (exact) mass is 369 g/mol. The van der Waals surface area contributed by atoms with E-state index in [0.717, 1.165) is 12.8 Å². The minimum Gasteiger partial charge on any atom is -0.394 e. The SMILES string of the molecule is CCC(CC)Nc1nc2c(Cl)cccc2n1[C@H]1O[C@@H](CO)[C@H](O)[C@@H]1O. The van der Waals surface area contributed by atoms with Crippen molar-refractivity contribution in [1.82, 2.24) is 9.55 Å². The van der Waals surface area contributed by atoms with E-state index in [1.54, 1.807) is 16.7 Å². The Kier molecular flexibility index (Phi) is 5.50. The third-order valence-electron chi connectivity index (χ3n) is 4.76. The molecule has 8 heteroatoms. The Labute approximate surface area is 151 Å². The van der Waals surface area contributed by atoms with Crippen LogP contribution in [0.2, 0.25) is 5.02 Å². The van der Waals surface area contributed by atoms with Crippen LogP contribution in [0.1, 0.15) is 32.9 Å². The Morgan fingerprint density at radius 1 is 1.28 bits per heavy atom. The minimum atomic E-state index is -1.18. The molecule has 0 bridgehead atoms. The molecule has 25 heavy (non-hydrogen) atoms. The molecule has 1 aliphatic heterocycles. The Bertz CT molecular complexity index is 734. The summed E-state index contributed by atoms with van der Waals surface area (Å²) >= 11 is 6.28.